The highest BCUT2D eigenvalue weighted by Crippen LogP contribution is 2.21. The largest absolute Gasteiger partial charge is 0.308 e. The van der Waals surface area contributed by atoms with Crippen LogP contribution in [0.4, 0.5) is 0 Å². The Labute approximate surface area is 124 Å². The van der Waals surface area contributed by atoms with E-state index in [1.165, 1.54) is 16.3 Å². The summed E-state index contributed by atoms with van der Waals surface area (Å²) in [6.45, 7) is 3.96. The van der Waals surface area contributed by atoms with Crippen molar-refractivity contribution >= 4 is 10.8 Å². The van der Waals surface area contributed by atoms with Gasteiger partial charge in [-0.15, -0.1) is 0 Å². The molecule has 0 spiro atoms. The van der Waals surface area contributed by atoms with E-state index in [9.17, 15) is 0 Å². The summed E-state index contributed by atoms with van der Waals surface area (Å²) in [6.07, 6.45) is 4.46. The highest BCUT2D eigenvalue weighted by Gasteiger charge is 2.12. The van der Waals surface area contributed by atoms with Crippen molar-refractivity contribution < 1.29 is 0 Å². The first-order chi connectivity index (χ1) is 10.4. The number of rotatable bonds is 6. The van der Waals surface area contributed by atoms with E-state index >= 15 is 0 Å². The molecule has 1 heterocycles. The molecular weight excluding hydrogens is 260 g/mol. The number of hydrogen-bond acceptors (Lipinski definition) is 3. The molecule has 3 rings (SSSR count). The second kappa shape index (κ2) is 6.50. The first-order valence-electron chi connectivity index (χ1n) is 7.41. The summed E-state index contributed by atoms with van der Waals surface area (Å²) in [5.74, 6) is 0. The lowest BCUT2D eigenvalue weighted by Crippen LogP contribution is -2.26. The lowest BCUT2D eigenvalue weighted by atomic mass is 10.0. The maximum Gasteiger partial charge on any atom is 0.137 e. The molecule has 0 aliphatic rings. The molecule has 0 saturated heterocycles. The molecule has 0 aliphatic carbocycles. The molecule has 4 heteroatoms. The minimum atomic E-state index is 0.247. The van der Waals surface area contributed by atoms with Crippen LogP contribution in [-0.2, 0) is 6.54 Å². The summed E-state index contributed by atoms with van der Waals surface area (Å²) in [5.41, 5.74) is 1.29. The quantitative estimate of drug-likeness (QED) is 0.754. The van der Waals surface area contributed by atoms with Crippen LogP contribution < -0.4 is 5.32 Å². The van der Waals surface area contributed by atoms with Crippen LogP contribution in [0.15, 0.2) is 55.1 Å². The highest BCUT2D eigenvalue weighted by molar-refractivity contribution is 5.83. The summed E-state index contributed by atoms with van der Waals surface area (Å²) in [4.78, 5) is 4.02. The van der Waals surface area contributed by atoms with Crippen molar-refractivity contribution in [1.29, 1.82) is 0 Å². The van der Waals surface area contributed by atoms with Gasteiger partial charge >= 0.3 is 0 Å². The average Bonchev–Trinajstić information content (AvgIpc) is 3.04. The van der Waals surface area contributed by atoms with E-state index < -0.39 is 0 Å². The topological polar surface area (TPSA) is 42.7 Å². The fraction of sp³-hybridized carbons (Fsp3) is 0.294. The van der Waals surface area contributed by atoms with E-state index in [0.29, 0.717) is 0 Å². The first-order valence-corrected chi connectivity index (χ1v) is 7.41. The number of benzene rings is 2. The van der Waals surface area contributed by atoms with E-state index in [1.807, 2.05) is 4.68 Å². The van der Waals surface area contributed by atoms with Gasteiger partial charge in [-0.2, -0.15) is 5.10 Å². The molecule has 0 bridgehead atoms. The number of aromatic nitrogens is 3. The van der Waals surface area contributed by atoms with Crippen LogP contribution in [0.3, 0.4) is 0 Å². The van der Waals surface area contributed by atoms with Crippen LogP contribution in [0.5, 0.6) is 0 Å². The molecule has 1 unspecified atom stereocenters. The van der Waals surface area contributed by atoms with Crippen molar-refractivity contribution in [1.82, 2.24) is 20.1 Å². The molecule has 0 radical (unpaired) electrons. The minimum Gasteiger partial charge on any atom is -0.308 e. The zero-order chi connectivity index (χ0) is 14.5. The van der Waals surface area contributed by atoms with Crippen LogP contribution in [0.25, 0.3) is 10.8 Å². The number of nitrogens with zero attached hydrogens (tertiary/aromatic N) is 3. The Balaban J connectivity index is 1.89. The van der Waals surface area contributed by atoms with Gasteiger partial charge in [-0.3, -0.25) is 4.68 Å². The third kappa shape index (κ3) is 3.28. The van der Waals surface area contributed by atoms with E-state index in [2.05, 4.69) is 64.8 Å². The van der Waals surface area contributed by atoms with E-state index in [4.69, 9.17) is 0 Å². The molecule has 2 aromatic carbocycles. The second-order valence-corrected chi connectivity index (χ2v) is 5.23. The Kier molecular flexibility index (Phi) is 4.26. The molecule has 21 heavy (non-hydrogen) atoms. The van der Waals surface area contributed by atoms with Crippen molar-refractivity contribution in [2.45, 2.75) is 25.9 Å². The van der Waals surface area contributed by atoms with Gasteiger partial charge in [-0.1, -0.05) is 43.3 Å². The molecule has 1 atom stereocenters. The fourth-order valence-electron chi connectivity index (χ4n) is 2.54. The average molecular weight is 280 g/mol. The van der Waals surface area contributed by atoms with Crippen molar-refractivity contribution in [2.75, 3.05) is 6.54 Å². The highest BCUT2D eigenvalue weighted by atomic mass is 15.3. The van der Waals surface area contributed by atoms with Gasteiger partial charge < -0.3 is 5.32 Å². The molecule has 0 amide bonds. The molecule has 4 nitrogen and oxygen atoms in total. The lowest BCUT2D eigenvalue weighted by molar-refractivity contribution is 0.438. The molecule has 3 aromatic rings. The number of fused-ring (bicyclic) bond motifs is 1. The molecular formula is C17H20N4. The molecule has 1 N–H and O–H groups in total. The predicted molar refractivity (Wildman–Crippen MR) is 85.0 cm³/mol. The maximum atomic E-state index is 4.22. The van der Waals surface area contributed by atoms with Crippen molar-refractivity contribution in [3.05, 3.63) is 60.7 Å². The van der Waals surface area contributed by atoms with Crippen LogP contribution in [0.2, 0.25) is 0 Å². The molecule has 0 fully saturated rings. The summed E-state index contributed by atoms with van der Waals surface area (Å²) in [5, 5.41) is 10.4. The zero-order valence-electron chi connectivity index (χ0n) is 12.2. The van der Waals surface area contributed by atoms with Crippen molar-refractivity contribution in [3.63, 3.8) is 0 Å². The monoisotopic (exact) mass is 280 g/mol. The third-order valence-corrected chi connectivity index (χ3v) is 3.65. The zero-order valence-corrected chi connectivity index (χ0v) is 12.2. The summed E-state index contributed by atoms with van der Waals surface area (Å²) in [6, 6.07) is 15.4. The van der Waals surface area contributed by atoms with Gasteiger partial charge in [0.25, 0.3) is 0 Å². The van der Waals surface area contributed by atoms with Crippen LogP contribution in [0, 0.1) is 0 Å². The standard InChI is InChI=1S/C17H20N4/c1-2-9-19-17(11-21-13-18-12-20-21)16-8-7-14-5-3-4-6-15(14)10-16/h3-8,10,12-13,17,19H,2,9,11H2,1H3. The minimum absolute atomic E-state index is 0.247. The third-order valence-electron chi connectivity index (χ3n) is 3.65. The Morgan fingerprint density at radius 3 is 2.76 bits per heavy atom. The molecule has 0 saturated carbocycles. The van der Waals surface area contributed by atoms with Crippen LogP contribution in [-0.4, -0.2) is 21.3 Å². The Hall–Kier alpha value is -2.20. The van der Waals surface area contributed by atoms with E-state index in [-0.39, 0.29) is 6.04 Å². The Morgan fingerprint density at radius 2 is 2.00 bits per heavy atom. The van der Waals surface area contributed by atoms with Gasteiger partial charge in [0.2, 0.25) is 0 Å². The lowest BCUT2D eigenvalue weighted by Gasteiger charge is -2.19. The van der Waals surface area contributed by atoms with Crippen LogP contribution >= 0.6 is 0 Å². The van der Waals surface area contributed by atoms with Gasteiger partial charge in [0.05, 0.1) is 12.6 Å². The maximum absolute atomic E-state index is 4.22. The molecule has 0 aliphatic heterocycles. The van der Waals surface area contributed by atoms with Crippen LogP contribution in [0.1, 0.15) is 24.9 Å². The Bertz CT molecular complexity index is 691. The van der Waals surface area contributed by atoms with Gasteiger partial charge in [-0.05, 0) is 35.4 Å². The van der Waals surface area contributed by atoms with Gasteiger partial charge in [0, 0.05) is 0 Å². The summed E-state index contributed by atoms with van der Waals surface area (Å²) >= 11 is 0. The van der Waals surface area contributed by atoms with E-state index in [0.717, 1.165) is 19.5 Å². The summed E-state index contributed by atoms with van der Waals surface area (Å²) in [7, 11) is 0. The number of hydrogen-bond donors (Lipinski definition) is 1. The number of nitrogens with one attached hydrogen (secondary N) is 1. The van der Waals surface area contributed by atoms with Gasteiger partial charge in [0.1, 0.15) is 12.7 Å². The first kappa shape index (κ1) is 13.8. The summed E-state index contributed by atoms with van der Waals surface area (Å²) < 4.78 is 1.88. The predicted octanol–water partition coefficient (Wildman–Crippen LogP) is 3.17. The van der Waals surface area contributed by atoms with Crippen molar-refractivity contribution in [3.8, 4) is 0 Å². The second-order valence-electron chi connectivity index (χ2n) is 5.23. The Morgan fingerprint density at radius 1 is 1.14 bits per heavy atom. The normalized spacial score (nSPS) is 12.6. The fourth-order valence-corrected chi connectivity index (χ4v) is 2.54. The van der Waals surface area contributed by atoms with Gasteiger partial charge in [0.15, 0.2) is 0 Å². The SMILES string of the molecule is CCCNC(Cn1cncn1)c1ccc2ccccc2c1. The molecule has 108 valence electrons. The van der Waals surface area contributed by atoms with Gasteiger partial charge in [-0.25, -0.2) is 4.98 Å². The smallest absolute Gasteiger partial charge is 0.137 e. The van der Waals surface area contributed by atoms with Crippen molar-refractivity contribution in [2.24, 2.45) is 0 Å². The van der Waals surface area contributed by atoms with E-state index in [1.54, 1.807) is 12.7 Å². The molecule has 1 aromatic heterocycles.